The maximum atomic E-state index is 11.7. The van der Waals surface area contributed by atoms with E-state index in [2.05, 4.69) is 10.4 Å². The number of carbonyl (C=O) groups is 1. The van der Waals surface area contributed by atoms with Crippen LogP contribution < -0.4 is 5.32 Å². The molecule has 18 heavy (non-hydrogen) atoms. The van der Waals surface area contributed by atoms with Gasteiger partial charge >= 0.3 is 0 Å². The van der Waals surface area contributed by atoms with Crippen molar-refractivity contribution in [2.24, 2.45) is 0 Å². The molecule has 1 N–H and O–H groups in total. The Bertz CT molecular complexity index is 536. The molecule has 1 heterocycles. The highest BCUT2D eigenvalue weighted by atomic mass is 35.5. The highest BCUT2D eigenvalue weighted by Crippen LogP contribution is 2.13. The van der Waals surface area contributed by atoms with Crippen LogP contribution in [0.3, 0.4) is 0 Å². The maximum Gasteiger partial charge on any atom is 0.226 e. The van der Waals surface area contributed by atoms with Crippen molar-refractivity contribution in [3.05, 3.63) is 47.2 Å². The first-order valence-electron chi connectivity index (χ1n) is 5.69. The van der Waals surface area contributed by atoms with Gasteiger partial charge in [0.25, 0.3) is 0 Å². The number of halogens is 1. The Morgan fingerprint density at radius 1 is 1.39 bits per heavy atom. The van der Waals surface area contributed by atoms with Crippen LogP contribution in [0.25, 0.3) is 0 Å². The van der Waals surface area contributed by atoms with Crippen LogP contribution >= 0.6 is 11.6 Å². The van der Waals surface area contributed by atoms with E-state index >= 15 is 0 Å². The first-order chi connectivity index (χ1) is 8.66. The molecule has 0 bridgehead atoms. The van der Waals surface area contributed by atoms with E-state index in [-0.39, 0.29) is 5.91 Å². The minimum absolute atomic E-state index is 0.0350. The number of amides is 1. The van der Waals surface area contributed by atoms with E-state index in [4.69, 9.17) is 11.6 Å². The number of carbonyl (C=O) groups excluding carboxylic acids is 1. The average molecular weight is 264 g/mol. The molecule has 1 aromatic heterocycles. The van der Waals surface area contributed by atoms with Crippen molar-refractivity contribution < 1.29 is 4.79 Å². The van der Waals surface area contributed by atoms with Gasteiger partial charge in [0.2, 0.25) is 5.91 Å². The Kier molecular flexibility index (Phi) is 3.99. The second-order valence-corrected chi connectivity index (χ2v) is 4.37. The molecule has 2 aromatic rings. The zero-order valence-corrected chi connectivity index (χ0v) is 10.8. The summed E-state index contributed by atoms with van der Waals surface area (Å²) in [6.07, 6.45) is 1.96. The summed E-state index contributed by atoms with van der Waals surface area (Å²) in [5.41, 5.74) is 1.68. The Morgan fingerprint density at radius 2 is 2.11 bits per heavy atom. The van der Waals surface area contributed by atoms with Gasteiger partial charge in [-0.1, -0.05) is 29.8 Å². The van der Waals surface area contributed by atoms with Gasteiger partial charge in [0.1, 0.15) is 0 Å². The molecule has 5 heteroatoms. The van der Waals surface area contributed by atoms with Gasteiger partial charge < -0.3 is 5.32 Å². The molecule has 0 atom stereocenters. The Hall–Kier alpha value is -1.81. The molecule has 1 amide bonds. The number of aryl methyl sites for hydroxylation is 1. The number of rotatable bonds is 4. The Labute approximate surface area is 111 Å². The van der Waals surface area contributed by atoms with Crippen molar-refractivity contribution in [2.45, 2.75) is 19.9 Å². The summed E-state index contributed by atoms with van der Waals surface area (Å²) in [5, 5.41) is 7.55. The summed E-state index contributed by atoms with van der Waals surface area (Å²) in [6.45, 7) is 2.40. The van der Waals surface area contributed by atoms with Crippen LogP contribution in [0, 0.1) is 6.92 Å². The van der Waals surface area contributed by atoms with Crippen LogP contribution in [-0.4, -0.2) is 15.7 Å². The SMILES string of the molecule is Cc1c(Cl)cnn1CCC(=O)Nc1ccccc1. The average Bonchev–Trinajstić information content (AvgIpc) is 2.69. The number of hydrogen-bond acceptors (Lipinski definition) is 2. The second-order valence-electron chi connectivity index (χ2n) is 3.97. The van der Waals surface area contributed by atoms with Crippen molar-refractivity contribution in [2.75, 3.05) is 5.32 Å². The quantitative estimate of drug-likeness (QED) is 0.922. The summed E-state index contributed by atoms with van der Waals surface area (Å²) >= 11 is 5.89. The predicted octanol–water partition coefficient (Wildman–Crippen LogP) is 2.87. The number of nitrogens with one attached hydrogen (secondary N) is 1. The molecule has 0 fully saturated rings. The van der Waals surface area contributed by atoms with E-state index in [1.165, 1.54) is 0 Å². The number of anilines is 1. The van der Waals surface area contributed by atoms with E-state index in [1.807, 2.05) is 37.3 Å². The second kappa shape index (κ2) is 5.69. The van der Waals surface area contributed by atoms with E-state index in [1.54, 1.807) is 10.9 Å². The monoisotopic (exact) mass is 263 g/mol. The molecular formula is C13H14ClN3O. The van der Waals surface area contributed by atoms with Gasteiger partial charge in [-0.2, -0.15) is 5.10 Å². The van der Waals surface area contributed by atoms with Crippen LogP contribution in [0.5, 0.6) is 0 Å². The maximum absolute atomic E-state index is 11.7. The third-order valence-corrected chi connectivity index (χ3v) is 3.02. The predicted molar refractivity (Wildman–Crippen MR) is 71.7 cm³/mol. The summed E-state index contributed by atoms with van der Waals surface area (Å²) < 4.78 is 1.73. The summed E-state index contributed by atoms with van der Waals surface area (Å²) in [6, 6.07) is 9.38. The largest absolute Gasteiger partial charge is 0.326 e. The molecule has 0 spiro atoms. The van der Waals surface area contributed by atoms with Crippen molar-refractivity contribution in [1.82, 2.24) is 9.78 Å². The Balaban J connectivity index is 1.87. The van der Waals surface area contributed by atoms with Crippen LogP contribution in [0.1, 0.15) is 12.1 Å². The molecule has 0 radical (unpaired) electrons. The summed E-state index contributed by atoms with van der Waals surface area (Å²) in [7, 11) is 0. The van der Waals surface area contributed by atoms with E-state index < -0.39 is 0 Å². The first kappa shape index (κ1) is 12.6. The van der Waals surface area contributed by atoms with Crippen molar-refractivity contribution in [1.29, 1.82) is 0 Å². The number of nitrogens with zero attached hydrogens (tertiary/aromatic N) is 2. The number of hydrogen-bond donors (Lipinski definition) is 1. The molecule has 0 unspecified atom stereocenters. The zero-order valence-electron chi connectivity index (χ0n) is 10.1. The minimum Gasteiger partial charge on any atom is -0.326 e. The zero-order chi connectivity index (χ0) is 13.0. The third-order valence-electron chi connectivity index (χ3n) is 2.65. The summed E-state index contributed by atoms with van der Waals surface area (Å²) in [4.78, 5) is 11.7. The van der Waals surface area contributed by atoms with Crippen LogP contribution in [0.2, 0.25) is 5.02 Å². The highest BCUT2D eigenvalue weighted by Gasteiger charge is 2.06. The van der Waals surface area contributed by atoms with Gasteiger partial charge in [0, 0.05) is 12.1 Å². The summed E-state index contributed by atoms with van der Waals surface area (Å²) in [5.74, 6) is -0.0350. The molecule has 2 rings (SSSR count). The fourth-order valence-corrected chi connectivity index (χ4v) is 1.74. The lowest BCUT2D eigenvalue weighted by atomic mass is 10.3. The van der Waals surface area contributed by atoms with E-state index in [0.717, 1.165) is 11.4 Å². The van der Waals surface area contributed by atoms with E-state index in [0.29, 0.717) is 18.0 Å². The molecule has 0 aliphatic carbocycles. The molecule has 0 aliphatic heterocycles. The lowest BCUT2D eigenvalue weighted by molar-refractivity contribution is -0.116. The lowest BCUT2D eigenvalue weighted by Gasteiger charge is -2.06. The molecule has 1 aromatic carbocycles. The van der Waals surface area contributed by atoms with Crippen LogP contribution in [0.4, 0.5) is 5.69 Å². The van der Waals surface area contributed by atoms with Crippen molar-refractivity contribution in [3.8, 4) is 0 Å². The fraction of sp³-hybridized carbons (Fsp3) is 0.231. The third kappa shape index (κ3) is 3.11. The van der Waals surface area contributed by atoms with Gasteiger partial charge in [-0.25, -0.2) is 0 Å². The van der Waals surface area contributed by atoms with Crippen molar-refractivity contribution in [3.63, 3.8) is 0 Å². The molecule has 4 nitrogen and oxygen atoms in total. The number of para-hydroxylation sites is 1. The smallest absolute Gasteiger partial charge is 0.226 e. The molecule has 0 saturated heterocycles. The topological polar surface area (TPSA) is 46.9 Å². The molecular weight excluding hydrogens is 250 g/mol. The molecule has 0 aliphatic rings. The normalized spacial score (nSPS) is 10.3. The van der Waals surface area contributed by atoms with Gasteiger partial charge in [-0.15, -0.1) is 0 Å². The minimum atomic E-state index is -0.0350. The Morgan fingerprint density at radius 3 is 2.72 bits per heavy atom. The lowest BCUT2D eigenvalue weighted by Crippen LogP contribution is -2.15. The fourth-order valence-electron chi connectivity index (χ4n) is 1.60. The number of aromatic nitrogens is 2. The molecule has 94 valence electrons. The van der Waals surface area contributed by atoms with Crippen molar-refractivity contribution >= 4 is 23.2 Å². The van der Waals surface area contributed by atoms with Gasteiger partial charge in [0.15, 0.2) is 0 Å². The first-order valence-corrected chi connectivity index (χ1v) is 6.07. The standard InChI is InChI=1S/C13H14ClN3O/c1-10-12(14)9-15-17(10)8-7-13(18)16-11-5-3-2-4-6-11/h2-6,9H,7-8H2,1H3,(H,16,18). The van der Waals surface area contributed by atoms with Crippen LogP contribution in [-0.2, 0) is 11.3 Å². The number of benzene rings is 1. The van der Waals surface area contributed by atoms with Gasteiger partial charge in [0.05, 0.1) is 23.5 Å². The molecule has 0 saturated carbocycles. The van der Waals surface area contributed by atoms with Gasteiger partial charge in [-0.3, -0.25) is 9.48 Å². The van der Waals surface area contributed by atoms with Gasteiger partial charge in [-0.05, 0) is 19.1 Å². The highest BCUT2D eigenvalue weighted by molar-refractivity contribution is 6.31. The van der Waals surface area contributed by atoms with Crippen LogP contribution in [0.15, 0.2) is 36.5 Å². The van der Waals surface area contributed by atoms with E-state index in [9.17, 15) is 4.79 Å².